The van der Waals surface area contributed by atoms with Gasteiger partial charge in [0.25, 0.3) is 0 Å². The van der Waals surface area contributed by atoms with Crippen LogP contribution in [0.4, 0.5) is 0 Å². The Morgan fingerprint density at radius 1 is 0.943 bits per heavy atom. The maximum Gasteiger partial charge on any atom is 0.223 e. The Bertz CT molecular complexity index is 1090. The van der Waals surface area contributed by atoms with Crippen molar-refractivity contribution in [3.63, 3.8) is 0 Å². The van der Waals surface area contributed by atoms with Crippen LogP contribution >= 0.6 is 0 Å². The minimum absolute atomic E-state index is 0.0257. The SMILES string of the molecule is CO/N=C(/C)C(c1cccnc1C)N1CCN(C(=O)CC(c2ccccc2)c2ccccc2)CC1. The number of amides is 1. The minimum Gasteiger partial charge on any atom is -0.399 e. The van der Waals surface area contributed by atoms with Crippen LogP contribution in [0.1, 0.15) is 47.7 Å². The molecule has 1 aliphatic rings. The fourth-order valence-electron chi connectivity index (χ4n) is 5.00. The van der Waals surface area contributed by atoms with Gasteiger partial charge in [0.1, 0.15) is 7.11 Å². The summed E-state index contributed by atoms with van der Waals surface area (Å²) in [5.74, 6) is 0.239. The zero-order valence-corrected chi connectivity index (χ0v) is 20.8. The Morgan fingerprint density at radius 2 is 1.54 bits per heavy atom. The van der Waals surface area contributed by atoms with Gasteiger partial charge in [-0.05, 0) is 36.6 Å². The van der Waals surface area contributed by atoms with E-state index < -0.39 is 0 Å². The van der Waals surface area contributed by atoms with Crippen molar-refractivity contribution >= 4 is 11.6 Å². The Kier molecular flexibility index (Phi) is 8.27. The van der Waals surface area contributed by atoms with E-state index in [1.807, 2.05) is 67.4 Å². The van der Waals surface area contributed by atoms with E-state index in [2.05, 4.69) is 45.4 Å². The molecule has 3 aromatic rings. The van der Waals surface area contributed by atoms with Crippen molar-refractivity contribution in [1.82, 2.24) is 14.8 Å². The number of carbonyl (C=O) groups excluding carboxylic acids is 1. The topological polar surface area (TPSA) is 58.0 Å². The van der Waals surface area contributed by atoms with Gasteiger partial charge in [0, 0.05) is 50.4 Å². The van der Waals surface area contributed by atoms with Crippen molar-refractivity contribution in [1.29, 1.82) is 0 Å². The highest BCUT2D eigenvalue weighted by Gasteiger charge is 2.31. The molecule has 4 rings (SSSR count). The number of pyridine rings is 1. The van der Waals surface area contributed by atoms with E-state index in [1.54, 1.807) is 7.11 Å². The molecule has 1 saturated heterocycles. The second-order valence-corrected chi connectivity index (χ2v) is 8.99. The van der Waals surface area contributed by atoms with Crippen LogP contribution in [0.15, 0.2) is 84.1 Å². The highest BCUT2D eigenvalue weighted by Crippen LogP contribution is 2.30. The monoisotopic (exact) mass is 470 g/mol. The summed E-state index contributed by atoms with van der Waals surface area (Å²) in [7, 11) is 1.57. The van der Waals surface area contributed by atoms with E-state index in [-0.39, 0.29) is 17.9 Å². The number of hydrogen-bond acceptors (Lipinski definition) is 5. The smallest absolute Gasteiger partial charge is 0.223 e. The number of aromatic nitrogens is 1. The number of nitrogens with zero attached hydrogens (tertiary/aromatic N) is 4. The number of aryl methyl sites for hydroxylation is 1. The number of oxime groups is 1. The molecule has 1 unspecified atom stereocenters. The third kappa shape index (κ3) is 5.95. The molecule has 2 heterocycles. The largest absolute Gasteiger partial charge is 0.399 e. The molecule has 0 N–H and O–H groups in total. The standard InChI is InChI=1S/C29H34N4O2/c1-22-26(15-10-16-30-22)29(23(2)31-35-3)33-19-17-32(18-20-33)28(34)21-27(24-11-6-4-7-12-24)25-13-8-5-9-14-25/h4-16,27,29H,17-21H2,1-3H3/b31-23-. The highest BCUT2D eigenvalue weighted by molar-refractivity contribution is 5.88. The van der Waals surface area contributed by atoms with Crippen LogP contribution in [0.2, 0.25) is 0 Å². The van der Waals surface area contributed by atoms with Crippen molar-refractivity contribution in [2.24, 2.45) is 5.16 Å². The maximum atomic E-state index is 13.4. The molecule has 1 amide bonds. The van der Waals surface area contributed by atoms with Crippen molar-refractivity contribution in [2.45, 2.75) is 32.2 Å². The molecule has 1 fully saturated rings. The minimum atomic E-state index is -0.0257. The van der Waals surface area contributed by atoms with Gasteiger partial charge < -0.3 is 9.74 Å². The molecule has 1 aromatic heterocycles. The fraction of sp³-hybridized carbons (Fsp3) is 0.345. The van der Waals surface area contributed by atoms with E-state index in [0.29, 0.717) is 19.5 Å². The second-order valence-electron chi connectivity index (χ2n) is 8.99. The van der Waals surface area contributed by atoms with Gasteiger partial charge in [-0.3, -0.25) is 14.7 Å². The summed E-state index contributed by atoms with van der Waals surface area (Å²) in [6.07, 6.45) is 2.27. The molecular weight excluding hydrogens is 436 g/mol. The number of hydrogen-bond donors (Lipinski definition) is 0. The Morgan fingerprint density at radius 3 is 2.09 bits per heavy atom. The molecule has 6 nitrogen and oxygen atoms in total. The van der Waals surface area contributed by atoms with Gasteiger partial charge in [-0.1, -0.05) is 71.9 Å². The van der Waals surface area contributed by atoms with E-state index in [1.165, 1.54) is 11.1 Å². The molecule has 182 valence electrons. The predicted molar refractivity (Wildman–Crippen MR) is 139 cm³/mol. The fourth-order valence-corrected chi connectivity index (χ4v) is 5.00. The van der Waals surface area contributed by atoms with Crippen molar-refractivity contribution < 1.29 is 9.63 Å². The van der Waals surface area contributed by atoms with Crippen LogP contribution in [0.25, 0.3) is 0 Å². The normalized spacial score (nSPS) is 15.8. The molecule has 0 spiro atoms. The van der Waals surface area contributed by atoms with Crippen molar-refractivity contribution in [2.75, 3.05) is 33.3 Å². The van der Waals surface area contributed by atoms with Gasteiger partial charge in [0.05, 0.1) is 11.8 Å². The second kappa shape index (κ2) is 11.8. The summed E-state index contributed by atoms with van der Waals surface area (Å²) in [4.78, 5) is 27.4. The van der Waals surface area contributed by atoms with Crippen LogP contribution in [0.5, 0.6) is 0 Å². The van der Waals surface area contributed by atoms with Gasteiger partial charge in [0.15, 0.2) is 0 Å². The lowest BCUT2D eigenvalue weighted by atomic mass is 9.88. The first-order valence-corrected chi connectivity index (χ1v) is 12.2. The average Bonchev–Trinajstić information content (AvgIpc) is 2.90. The first-order chi connectivity index (χ1) is 17.1. The first kappa shape index (κ1) is 24.6. The van der Waals surface area contributed by atoms with Crippen LogP contribution in [0.3, 0.4) is 0 Å². The molecular formula is C29H34N4O2. The van der Waals surface area contributed by atoms with Gasteiger partial charge in [-0.25, -0.2) is 0 Å². The van der Waals surface area contributed by atoms with Crippen molar-refractivity contribution in [3.8, 4) is 0 Å². The highest BCUT2D eigenvalue weighted by atomic mass is 16.6. The van der Waals surface area contributed by atoms with Gasteiger partial charge in [-0.15, -0.1) is 0 Å². The summed E-state index contributed by atoms with van der Waals surface area (Å²) in [6, 6.07) is 24.7. The van der Waals surface area contributed by atoms with Crippen LogP contribution < -0.4 is 0 Å². The maximum absolute atomic E-state index is 13.4. The molecule has 0 aliphatic carbocycles. The Hall–Kier alpha value is -3.51. The third-order valence-corrected chi connectivity index (χ3v) is 6.79. The van der Waals surface area contributed by atoms with E-state index in [4.69, 9.17) is 4.84 Å². The molecule has 35 heavy (non-hydrogen) atoms. The third-order valence-electron chi connectivity index (χ3n) is 6.79. The summed E-state index contributed by atoms with van der Waals surface area (Å²) in [5, 5.41) is 4.24. The molecule has 0 bridgehead atoms. The van der Waals surface area contributed by atoms with Gasteiger partial charge in [-0.2, -0.15) is 0 Å². The lowest BCUT2D eigenvalue weighted by Gasteiger charge is -2.40. The summed E-state index contributed by atoms with van der Waals surface area (Å²) in [5.41, 5.74) is 5.33. The molecule has 1 aliphatic heterocycles. The average molecular weight is 471 g/mol. The van der Waals surface area contributed by atoms with Crippen LogP contribution in [0, 0.1) is 6.92 Å². The molecule has 6 heteroatoms. The van der Waals surface area contributed by atoms with E-state index in [0.717, 1.165) is 30.1 Å². The number of benzene rings is 2. The molecule has 2 aromatic carbocycles. The summed E-state index contributed by atoms with van der Waals surface area (Å²) >= 11 is 0. The lowest BCUT2D eigenvalue weighted by Crippen LogP contribution is -2.51. The summed E-state index contributed by atoms with van der Waals surface area (Å²) < 4.78 is 0. The quantitative estimate of drug-likeness (QED) is 0.350. The molecule has 0 radical (unpaired) electrons. The zero-order valence-electron chi connectivity index (χ0n) is 20.8. The van der Waals surface area contributed by atoms with E-state index in [9.17, 15) is 4.79 Å². The lowest BCUT2D eigenvalue weighted by molar-refractivity contribution is -0.133. The van der Waals surface area contributed by atoms with E-state index >= 15 is 0 Å². The Balaban J connectivity index is 1.47. The first-order valence-electron chi connectivity index (χ1n) is 12.2. The van der Waals surface area contributed by atoms with Gasteiger partial charge >= 0.3 is 0 Å². The molecule has 1 atom stereocenters. The van der Waals surface area contributed by atoms with Gasteiger partial charge in [0.2, 0.25) is 5.91 Å². The Labute approximate surface area is 208 Å². The number of rotatable bonds is 8. The van der Waals surface area contributed by atoms with Crippen LogP contribution in [-0.4, -0.2) is 59.7 Å². The number of piperazine rings is 1. The zero-order chi connectivity index (χ0) is 24.6. The number of carbonyl (C=O) groups is 1. The van der Waals surface area contributed by atoms with Crippen LogP contribution in [-0.2, 0) is 9.63 Å². The predicted octanol–water partition coefficient (Wildman–Crippen LogP) is 4.82. The van der Waals surface area contributed by atoms with Crippen molar-refractivity contribution in [3.05, 3.63) is 101 Å². The molecule has 0 saturated carbocycles. The summed E-state index contributed by atoms with van der Waals surface area (Å²) in [6.45, 7) is 6.92.